The van der Waals surface area contributed by atoms with Crippen LogP contribution in [0.15, 0.2) is 0 Å². The average molecular weight is 216 g/mol. The first-order valence-electron chi connectivity index (χ1n) is 4.73. The highest BCUT2D eigenvalue weighted by atomic mass is 32.2. The molecule has 1 rings (SSSR count). The smallest absolute Gasteiger partial charge is 0.223 e. The summed E-state index contributed by atoms with van der Waals surface area (Å²) >= 11 is 1.28. The van der Waals surface area contributed by atoms with Gasteiger partial charge < -0.3 is 10.2 Å². The lowest BCUT2D eigenvalue weighted by Crippen LogP contribution is -2.32. The van der Waals surface area contributed by atoms with Gasteiger partial charge in [0.1, 0.15) is 0 Å². The van der Waals surface area contributed by atoms with E-state index in [4.69, 9.17) is 0 Å². The van der Waals surface area contributed by atoms with E-state index in [0.29, 0.717) is 13.0 Å². The van der Waals surface area contributed by atoms with Crippen LogP contribution >= 0.6 is 11.8 Å². The number of nitrogens with zero attached hydrogens (tertiary/aromatic N) is 1. The van der Waals surface area contributed by atoms with Crippen molar-refractivity contribution in [2.45, 2.75) is 18.6 Å². The molecule has 0 aliphatic carbocycles. The molecule has 0 aromatic carbocycles. The molecule has 0 bridgehead atoms. The molecule has 1 fully saturated rings. The zero-order chi connectivity index (χ0) is 10.6. The highest BCUT2D eigenvalue weighted by Crippen LogP contribution is 2.23. The summed E-state index contributed by atoms with van der Waals surface area (Å²) in [4.78, 5) is 24.1. The van der Waals surface area contributed by atoms with Crippen molar-refractivity contribution in [1.82, 2.24) is 10.2 Å². The summed E-state index contributed by atoms with van der Waals surface area (Å²) in [7, 11) is 1.86. The number of thioether (sulfide) groups is 1. The zero-order valence-corrected chi connectivity index (χ0v) is 9.39. The fraction of sp³-hybridized carbons (Fsp3) is 0.778. The van der Waals surface area contributed by atoms with Gasteiger partial charge in [0, 0.05) is 38.2 Å². The van der Waals surface area contributed by atoms with Gasteiger partial charge in [-0.2, -0.15) is 0 Å². The molecule has 0 spiro atoms. The molecule has 1 aliphatic rings. The van der Waals surface area contributed by atoms with Crippen molar-refractivity contribution in [3.63, 3.8) is 0 Å². The van der Waals surface area contributed by atoms with Crippen LogP contribution in [0.4, 0.5) is 0 Å². The molecule has 4 nitrogen and oxygen atoms in total. The molecule has 14 heavy (non-hydrogen) atoms. The summed E-state index contributed by atoms with van der Waals surface area (Å²) < 4.78 is 0. The molecular formula is C9H16N2O2S. The van der Waals surface area contributed by atoms with Gasteiger partial charge in [0.2, 0.25) is 5.91 Å². The van der Waals surface area contributed by atoms with Crippen molar-refractivity contribution < 1.29 is 9.59 Å². The molecular weight excluding hydrogens is 200 g/mol. The monoisotopic (exact) mass is 216 g/mol. The van der Waals surface area contributed by atoms with Crippen molar-refractivity contribution >= 4 is 22.8 Å². The molecule has 80 valence electrons. The summed E-state index contributed by atoms with van der Waals surface area (Å²) in [6, 6.07) is 0. The van der Waals surface area contributed by atoms with Crippen molar-refractivity contribution in [3.8, 4) is 0 Å². The molecule has 1 atom stereocenters. The third-order valence-electron chi connectivity index (χ3n) is 2.14. The lowest BCUT2D eigenvalue weighted by Gasteiger charge is -2.15. The maximum absolute atomic E-state index is 11.4. The fourth-order valence-electron chi connectivity index (χ4n) is 1.51. The van der Waals surface area contributed by atoms with E-state index in [1.165, 1.54) is 11.8 Å². The van der Waals surface area contributed by atoms with Gasteiger partial charge in [-0.15, -0.1) is 0 Å². The minimum atomic E-state index is 0.0956. The van der Waals surface area contributed by atoms with E-state index < -0.39 is 0 Å². The van der Waals surface area contributed by atoms with Gasteiger partial charge in [0.15, 0.2) is 5.12 Å². The molecule has 1 aliphatic heterocycles. The summed E-state index contributed by atoms with van der Waals surface area (Å²) in [5, 5.41) is 3.26. The van der Waals surface area contributed by atoms with Gasteiger partial charge in [-0.25, -0.2) is 0 Å². The number of hydrogen-bond donors (Lipinski definition) is 1. The molecule has 0 aromatic heterocycles. The maximum Gasteiger partial charge on any atom is 0.223 e. The standard InChI is InChI=1S/C9H16N2O2S/c1-7(12)14-8-5-9(13)11(6-8)4-3-10-2/h8,10H,3-6H2,1-2H3. The number of likely N-dealkylation sites (N-methyl/N-ethyl adjacent to an activating group) is 1. The number of amides is 1. The summed E-state index contributed by atoms with van der Waals surface area (Å²) in [6.45, 7) is 3.81. The summed E-state index contributed by atoms with van der Waals surface area (Å²) in [5.41, 5.74) is 0. The minimum Gasteiger partial charge on any atom is -0.340 e. The molecule has 0 saturated carbocycles. The van der Waals surface area contributed by atoms with E-state index >= 15 is 0 Å². The van der Waals surface area contributed by atoms with Crippen LogP contribution in [-0.4, -0.2) is 47.9 Å². The van der Waals surface area contributed by atoms with Crippen LogP contribution in [-0.2, 0) is 9.59 Å². The minimum absolute atomic E-state index is 0.0956. The van der Waals surface area contributed by atoms with E-state index in [1.54, 1.807) is 6.92 Å². The van der Waals surface area contributed by atoms with E-state index in [-0.39, 0.29) is 16.3 Å². The zero-order valence-electron chi connectivity index (χ0n) is 8.58. The molecule has 1 heterocycles. The Kier molecular flexibility index (Phi) is 4.41. The number of rotatable bonds is 4. The topological polar surface area (TPSA) is 49.4 Å². The SMILES string of the molecule is CNCCN1CC(SC(C)=O)CC1=O. The Hall–Kier alpha value is -0.550. The Morgan fingerprint density at radius 2 is 2.43 bits per heavy atom. The van der Waals surface area contributed by atoms with Crippen molar-refractivity contribution in [1.29, 1.82) is 0 Å². The predicted molar refractivity (Wildman–Crippen MR) is 57.2 cm³/mol. The van der Waals surface area contributed by atoms with Crippen LogP contribution < -0.4 is 5.32 Å². The Morgan fingerprint density at radius 1 is 1.71 bits per heavy atom. The third-order valence-corrected chi connectivity index (χ3v) is 3.12. The number of carbonyl (C=O) groups excluding carboxylic acids is 2. The summed E-state index contributed by atoms with van der Waals surface area (Å²) in [6.07, 6.45) is 0.508. The quantitative estimate of drug-likeness (QED) is 0.723. The lowest BCUT2D eigenvalue weighted by molar-refractivity contribution is -0.127. The summed E-state index contributed by atoms with van der Waals surface area (Å²) in [5.74, 6) is 0.166. The number of nitrogens with one attached hydrogen (secondary N) is 1. The molecule has 1 unspecified atom stereocenters. The largest absolute Gasteiger partial charge is 0.340 e. The van der Waals surface area contributed by atoms with Crippen LogP contribution in [0.2, 0.25) is 0 Å². The van der Waals surface area contributed by atoms with Crippen LogP contribution in [0, 0.1) is 0 Å². The van der Waals surface area contributed by atoms with E-state index in [9.17, 15) is 9.59 Å². The fourth-order valence-corrected chi connectivity index (χ4v) is 2.46. The van der Waals surface area contributed by atoms with Crippen LogP contribution in [0.5, 0.6) is 0 Å². The number of hydrogen-bond acceptors (Lipinski definition) is 4. The van der Waals surface area contributed by atoms with Crippen molar-refractivity contribution in [2.75, 3.05) is 26.7 Å². The lowest BCUT2D eigenvalue weighted by atomic mass is 10.4. The van der Waals surface area contributed by atoms with Gasteiger partial charge in [-0.05, 0) is 7.05 Å². The molecule has 0 aromatic rings. The Balaban J connectivity index is 2.35. The first kappa shape index (κ1) is 11.5. The second-order valence-corrected chi connectivity index (χ2v) is 4.86. The Morgan fingerprint density at radius 3 is 3.00 bits per heavy atom. The van der Waals surface area contributed by atoms with E-state index in [1.807, 2.05) is 11.9 Å². The Bertz CT molecular complexity index is 233. The van der Waals surface area contributed by atoms with Gasteiger partial charge >= 0.3 is 0 Å². The molecule has 1 amide bonds. The molecule has 0 radical (unpaired) electrons. The predicted octanol–water partition coefficient (Wildman–Crippen LogP) is 0.0864. The van der Waals surface area contributed by atoms with Crippen LogP contribution in [0.25, 0.3) is 0 Å². The highest BCUT2D eigenvalue weighted by Gasteiger charge is 2.30. The second-order valence-electron chi connectivity index (χ2n) is 3.38. The average Bonchev–Trinajstić information content (AvgIpc) is 2.41. The van der Waals surface area contributed by atoms with Crippen LogP contribution in [0.3, 0.4) is 0 Å². The van der Waals surface area contributed by atoms with Gasteiger partial charge in [-0.1, -0.05) is 11.8 Å². The highest BCUT2D eigenvalue weighted by molar-refractivity contribution is 8.14. The van der Waals surface area contributed by atoms with Crippen molar-refractivity contribution in [2.24, 2.45) is 0 Å². The first-order valence-corrected chi connectivity index (χ1v) is 5.61. The van der Waals surface area contributed by atoms with E-state index in [2.05, 4.69) is 5.32 Å². The third kappa shape index (κ3) is 3.31. The number of carbonyl (C=O) groups is 2. The molecule has 1 N–H and O–H groups in total. The van der Waals surface area contributed by atoms with E-state index in [0.717, 1.165) is 13.1 Å². The normalized spacial score (nSPS) is 21.7. The van der Waals surface area contributed by atoms with Gasteiger partial charge in [0.25, 0.3) is 0 Å². The maximum atomic E-state index is 11.4. The van der Waals surface area contributed by atoms with Crippen LogP contribution in [0.1, 0.15) is 13.3 Å². The second kappa shape index (κ2) is 5.36. The van der Waals surface area contributed by atoms with Crippen molar-refractivity contribution in [3.05, 3.63) is 0 Å². The first-order chi connectivity index (χ1) is 6.63. The Labute approximate surface area is 88.4 Å². The van der Waals surface area contributed by atoms with Gasteiger partial charge in [0.05, 0.1) is 0 Å². The van der Waals surface area contributed by atoms with Gasteiger partial charge in [-0.3, -0.25) is 9.59 Å². The molecule has 5 heteroatoms. The molecule has 1 saturated heterocycles. The number of likely N-dealkylation sites (tertiary alicyclic amines) is 1.